The van der Waals surface area contributed by atoms with Gasteiger partial charge in [-0.25, -0.2) is 0 Å². The van der Waals surface area contributed by atoms with E-state index in [2.05, 4.69) is 43.4 Å². The summed E-state index contributed by atoms with van der Waals surface area (Å²) in [5.41, 5.74) is 2.79. The van der Waals surface area contributed by atoms with Gasteiger partial charge in [0, 0.05) is 6.04 Å². The molecule has 0 bridgehead atoms. The Morgan fingerprint density at radius 3 is 2.78 bits per heavy atom. The van der Waals surface area contributed by atoms with Gasteiger partial charge in [-0.1, -0.05) is 38.1 Å². The van der Waals surface area contributed by atoms with Crippen molar-refractivity contribution in [3.05, 3.63) is 35.4 Å². The van der Waals surface area contributed by atoms with Gasteiger partial charge in [-0.05, 0) is 35.8 Å². The lowest BCUT2D eigenvalue weighted by Crippen LogP contribution is -2.39. The Kier molecular flexibility index (Phi) is 3.40. The molecule has 1 aromatic rings. The van der Waals surface area contributed by atoms with Gasteiger partial charge in [0.2, 0.25) is 0 Å². The van der Waals surface area contributed by atoms with E-state index in [0.29, 0.717) is 12.1 Å². The molecule has 1 saturated carbocycles. The number of hydrogen-bond donors (Lipinski definition) is 1. The fraction of sp³-hybridized carbons (Fsp3) is 0.625. The zero-order chi connectivity index (χ0) is 12.5. The average Bonchev–Trinajstić information content (AvgIpc) is 2.71. The molecular weight excluding hydrogens is 222 g/mol. The summed E-state index contributed by atoms with van der Waals surface area (Å²) in [5, 5.41) is 3.83. The van der Waals surface area contributed by atoms with Crippen molar-refractivity contribution < 1.29 is 4.74 Å². The van der Waals surface area contributed by atoms with E-state index in [0.717, 1.165) is 25.0 Å². The molecule has 0 spiro atoms. The second-order valence-corrected chi connectivity index (χ2v) is 5.95. The van der Waals surface area contributed by atoms with Crippen LogP contribution in [-0.4, -0.2) is 12.6 Å². The van der Waals surface area contributed by atoms with Gasteiger partial charge >= 0.3 is 0 Å². The summed E-state index contributed by atoms with van der Waals surface area (Å²) < 4.78 is 5.72. The van der Waals surface area contributed by atoms with Crippen molar-refractivity contribution >= 4 is 0 Å². The molecule has 2 aliphatic rings. The molecular formula is C16H23NO. The number of nitrogens with one attached hydrogen (secondary N) is 1. The van der Waals surface area contributed by atoms with Gasteiger partial charge in [0.1, 0.15) is 0 Å². The topological polar surface area (TPSA) is 21.3 Å². The third kappa shape index (κ3) is 2.19. The van der Waals surface area contributed by atoms with E-state index in [1.54, 1.807) is 0 Å². The molecule has 0 aromatic heterocycles. The van der Waals surface area contributed by atoms with E-state index in [1.807, 2.05) is 0 Å². The van der Waals surface area contributed by atoms with Gasteiger partial charge in [0.25, 0.3) is 0 Å². The van der Waals surface area contributed by atoms with Crippen molar-refractivity contribution in [2.24, 2.45) is 11.8 Å². The maximum absolute atomic E-state index is 5.72. The van der Waals surface area contributed by atoms with Crippen LogP contribution in [0.25, 0.3) is 0 Å². The summed E-state index contributed by atoms with van der Waals surface area (Å²) in [6.07, 6.45) is 2.66. The highest BCUT2D eigenvalue weighted by Crippen LogP contribution is 2.34. The summed E-state index contributed by atoms with van der Waals surface area (Å²) in [6, 6.07) is 9.71. The molecule has 98 valence electrons. The molecule has 2 heteroatoms. The molecule has 1 aromatic carbocycles. The van der Waals surface area contributed by atoms with Gasteiger partial charge in [-0.3, -0.25) is 0 Å². The van der Waals surface area contributed by atoms with Crippen molar-refractivity contribution in [1.82, 2.24) is 5.32 Å². The number of fused-ring (bicyclic) bond motifs is 1. The van der Waals surface area contributed by atoms with Crippen molar-refractivity contribution in [2.75, 3.05) is 6.61 Å². The Labute approximate surface area is 110 Å². The third-order valence-electron chi connectivity index (χ3n) is 4.85. The van der Waals surface area contributed by atoms with Crippen molar-refractivity contribution in [3.8, 4) is 0 Å². The zero-order valence-corrected chi connectivity index (χ0v) is 11.4. The smallest absolute Gasteiger partial charge is 0.0721 e. The molecule has 4 atom stereocenters. The molecule has 1 heterocycles. The Morgan fingerprint density at radius 1 is 1.17 bits per heavy atom. The normalized spacial score (nSPS) is 35.4. The third-order valence-corrected chi connectivity index (χ3v) is 4.85. The maximum atomic E-state index is 5.72. The monoisotopic (exact) mass is 245 g/mol. The highest BCUT2D eigenvalue weighted by Gasteiger charge is 2.32. The van der Waals surface area contributed by atoms with E-state index < -0.39 is 0 Å². The lowest BCUT2D eigenvalue weighted by molar-refractivity contribution is 0.0763. The first-order valence-electron chi connectivity index (χ1n) is 7.17. The van der Waals surface area contributed by atoms with Crippen LogP contribution in [0.2, 0.25) is 0 Å². The SMILES string of the molecule is CC1CCC(NC2COCc3ccccc32)C1C. The Bertz CT molecular complexity index is 417. The molecule has 0 saturated heterocycles. The van der Waals surface area contributed by atoms with Crippen LogP contribution in [0.4, 0.5) is 0 Å². The highest BCUT2D eigenvalue weighted by molar-refractivity contribution is 5.31. The Balaban J connectivity index is 1.75. The van der Waals surface area contributed by atoms with Gasteiger partial charge in [0.05, 0.1) is 19.3 Å². The molecule has 1 fully saturated rings. The van der Waals surface area contributed by atoms with Crippen molar-refractivity contribution in [2.45, 2.75) is 45.4 Å². The first kappa shape index (κ1) is 12.2. The average molecular weight is 245 g/mol. The summed E-state index contributed by atoms with van der Waals surface area (Å²) in [4.78, 5) is 0. The largest absolute Gasteiger partial charge is 0.375 e. The lowest BCUT2D eigenvalue weighted by Gasteiger charge is -2.31. The standard InChI is InChI=1S/C16H23NO/c1-11-7-8-15(12(11)2)17-16-10-18-9-13-5-3-4-6-14(13)16/h3-6,11-12,15-17H,7-10H2,1-2H3. The van der Waals surface area contributed by atoms with Crippen LogP contribution in [0, 0.1) is 11.8 Å². The van der Waals surface area contributed by atoms with Gasteiger partial charge in [-0.2, -0.15) is 0 Å². The predicted molar refractivity (Wildman–Crippen MR) is 73.3 cm³/mol. The second-order valence-electron chi connectivity index (χ2n) is 5.95. The highest BCUT2D eigenvalue weighted by atomic mass is 16.5. The van der Waals surface area contributed by atoms with Crippen LogP contribution in [0.3, 0.4) is 0 Å². The fourth-order valence-electron chi connectivity index (χ4n) is 3.38. The van der Waals surface area contributed by atoms with E-state index in [1.165, 1.54) is 24.0 Å². The molecule has 0 amide bonds. The minimum Gasteiger partial charge on any atom is -0.375 e. The molecule has 4 unspecified atom stereocenters. The van der Waals surface area contributed by atoms with Crippen LogP contribution >= 0.6 is 0 Å². The van der Waals surface area contributed by atoms with E-state index in [9.17, 15) is 0 Å². The van der Waals surface area contributed by atoms with E-state index in [4.69, 9.17) is 4.74 Å². The number of ether oxygens (including phenoxy) is 1. The zero-order valence-electron chi connectivity index (χ0n) is 11.4. The summed E-state index contributed by atoms with van der Waals surface area (Å²) in [7, 11) is 0. The molecule has 2 nitrogen and oxygen atoms in total. The minimum atomic E-state index is 0.382. The Hall–Kier alpha value is -0.860. The number of hydrogen-bond acceptors (Lipinski definition) is 2. The summed E-state index contributed by atoms with van der Waals surface area (Å²) in [6.45, 7) is 6.34. The van der Waals surface area contributed by atoms with Crippen LogP contribution in [0.15, 0.2) is 24.3 Å². The van der Waals surface area contributed by atoms with Gasteiger partial charge in [-0.15, -0.1) is 0 Å². The first-order chi connectivity index (χ1) is 8.75. The quantitative estimate of drug-likeness (QED) is 0.863. The minimum absolute atomic E-state index is 0.382. The van der Waals surface area contributed by atoms with Crippen molar-refractivity contribution in [1.29, 1.82) is 0 Å². The lowest BCUT2D eigenvalue weighted by atomic mass is 9.94. The summed E-state index contributed by atoms with van der Waals surface area (Å²) >= 11 is 0. The molecule has 3 rings (SSSR count). The van der Waals surface area contributed by atoms with Crippen LogP contribution in [-0.2, 0) is 11.3 Å². The van der Waals surface area contributed by atoms with E-state index in [-0.39, 0.29) is 0 Å². The van der Waals surface area contributed by atoms with Crippen LogP contribution in [0.5, 0.6) is 0 Å². The van der Waals surface area contributed by atoms with Crippen LogP contribution < -0.4 is 5.32 Å². The molecule has 1 aliphatic heterocycles. The summed E-state index contributed by atoms with van der Waals surface area (Å²) in [5.74, 6) is 1.63. The molecule has 1 N–H and O–H groups in total. The van der Waals surface area contributed by atoms with E-state index >= 15 is 0 Å². The predicted octanol–water partition coefficient (Wildman–Crippen LogP) is 3.28. The maximum Gasteiger partial charge on any atom is 0.0721 e. The second kappa shape index (κ2) is 5.02. The number of benzene rings is 1. The first-order valence-corrected chi connectivity index (χ1v) is 7.17. The number of rotatable bonds is 2. The molecule has 1 aliphatic carbocycles. The Morgan fingerprint density at radius 2 is 2.00 bits per heavy atom. The molecule has 18 heavy (non-hydrogen) atoms. The van der Waals surface area contributed by atoms with Gasteiger partial charge in [0.15, 0.2) is 0 Å². The molecule has 0 radical (unpaired) electrons. The van der Waals surface area contributed by atoms with Crippen molar-refractivity contribution in [3.63, 3.8) is 0 Å². The van der Waals surface area contributed by atoms with Crippen LogP contribution in [0.1, 0.15) is 43.9 Å². The van der Waals surface area contributed by atoms with Gasteiger partial charge < -0.3 is 10.1 Å². The fourth-order valence-corrected chi connectivity index (χ4v) is 3.38.